The molecule has 0 aliphatic heterocycles. The molecule has 0 rings (SSSR count). The number of esters is 1. The molecule has 0 aromatic rings. The van der Waals surface area contributed by atoms with Crippen molar-refractivity contribution in [3.05, 3.63) is 12.2 Å². The molecule has 0 amide bonds. The molecule has 0 aliphatic carbocycles. The second-order valence-corrected chi connectivity index (χ2v) is 2.99. The van der Waals surface area contributed by atoms with E-state index in [0.29, 0.717) is 0 Å². The van der Waals surface area contributed by atoms with E-state index in [2.05, 4.69) is 11.3 Å². The second-order valence-electron chi connectivity index (χ2n) is 1.94. The Kier molecular flexibility index (Phi) is 4.72. The van der Waals surface area contributed by atoms with E-state index in [-0.39, 0.29) is 17.9 Å². The van der Waals surface area contributed by atoms with Gasteiger partial charge in [-0.15, -0.1) is 0 Å². The van der Waals surface area contributed by atoms with Crippen LogP contribution in [-0.2, 0) is 20.6 Å². The average molecular weight is 178 g/mol. The summed E-state index contributed by atoms with van der Waals surface area (Å²) in [6.45, 7) is 4.81. The lowest BCUT2D eigenvalue weighted by Gasteiger charge is -2.00. The van der Waals surface area contributed by atoms with Crippen LogP contribution in [0.2, 0.25) is 0 Å². The van der Waals surface area contributed by atoms with Gasteiger partial charge in [-0.05, 0) is 6.92 Å². The van der Waals surface area contributed by atoms with Gasteiger partial charge in [-0.2, -0.15) is 0 Å². The minimum absolute atomic E-state index is 0.0468. The van der Waals surface area contributed by atoms with Gasteiger partial charge in [0.25, 0.3) is 0 Å². The maximum absolute atomic E-state index is 10.6. The van der Waals surface area contributed by atoms with Crippen LogP contribution in [0.25, 0.3) is 0 Å². The fourth-order valence-corrected chi connectivity index (χ4v) is 0.555. The van der Waals surface area contributed by atoms with E-state index in [4.69, 9.17) is 4.55 Å². The molecular weight excluding hydrogens is 168 g/mol. The van der Waals surface area contributed by atoms with Gasteiger partial charge < -0.3 is 9.29 Å². The third-order valence-electron chi connectivity index (χ3n) is 0.840. The summed E-state index contributed by atoms with van der Waals surface area (Å²) in [5.74, 6) is -0.589. The molecule has 11 heavy (non-hydrogen) atoms. The average Bonchev–Trinajstić information content (AvgIpc) is 1.86. The van der Waals surface area contributed by atoms with Gasteiger partial charge in [-0.1, -0.05) is 6.58 Å². The highest BCUT2D eigenvalue weighted by molar-refractivity contribution is 7.79. The first-order valence-corrected chi connectivity index (χ1v) is 4.21. The fraction of sp³-hybridized carbons (Fsp3) is 0.500. The summed E-state index contributed by atoms with van der Waals surface area (Å²) in [5, 5.41) is 0. The van der Waals surface area contributed by atoms with Crippen LogP contribution >= 0.6 is 0 Å². The lowest BCUT2D eigenvalue weighted by Crippen LogP contribution is -2.11. The number of ether oxygens (including phenoxy) is 1. The van der Waals surface area contributed by atoms with E-state index in [1.807, 2.05) is 0 Å². The zero-order valence-corrected chi connectivity index (χ0v) is 7.02. The Hall–Kier alpha value is -0.680. The highest BCUT2D eigenvalue weighted by Crippen LogP contribution is 1.91. The van der Waals surface area contributed by atoms with Gasteiger partial charge in [0.15, 0.2) is 11.1 Å². The quantitative estimate of drug-likeness (QED) is 0.383. The minimum atomic E-state index is -1.90. The maximum atomic E-state index is 10.6. The van der Waals surface area contributed by atoms with Gasteiger partial charge in [-0.3, -0.25) is 0 Å². The van der Waals surface area contributed by atoms with Gasteiger partial charge in [0.2, 0.25) is 0 Å². The third-order valence-corrected chi connectivity index (χ3v) is 1.36. The molecule has 0 radical (unpaired) electrons. The normalized spacial score (nSPS) is 12.2. The molecule has 0 saturated carbocycles. The van der Waals surface area contributed by atoms with Gasteiger partial charge in [0.1, 0.15) is 6.61 Å². The highest BCUT2D eigenvalue weighted by Gasteiger charge is 2.02. The predicted molar refractivity (Wildman–Crippen MR) is 41.4 cm³/mol. The molecule has 64 valence electrons. The zero-order valence-electron chi connectivity index (χ0n) is 6.20. The summed E-state index contributed by atoms with van der Waals surface area (Å²) in [6.07, 6.45) is 0. The Labute approximate surface area is 67.5 Å². The van der Waals surface area contributed by atoms with Gasteiger partial charge in [0, 0.05) is 5.57 Å². The first-order valence-electron chi connectivity index (χ1n) is 2.94. The molecule has 0 fully saturated rings. The summed E-state index contributed by atoms with van der Waals surface area (Å²) in [4.78, 5) is 10.6. The van der Waals surface area contributed by atoms with E-state index in [1.165, 1.54) is 6.92 Å². The number of hydrogen-bond acceptors (Lipinski definition) is 3. The summed E-state index contributed by atoms with van der Waals surface area (Å²) in [5.41, 5.74) is 0.286. The largest absolute Gasteiger partial charge is 0.461 e. The van der Waals surface area contributed by atoms with E-state index in [0.717, 1.165) is 0 Å². The molecule has 0 aromatic carbocycles. The molecule has 4 nitrogen and oxygen atoms in total. The summed E-state index contributed by atoms with van der Waals surface area (Å²) in [6, 6.07) is 0. The molecule has 5 heteroatoms. The first kappa shape index (κ1) is 10.3. The number of carbonyl (C=O) groups excluding carboxylic acids is 1. The van der Waals surface area contributed by atoms with Crippen molar-refractivity contribution in [2.45, 2.75) is 6.92 Å². The first-order chi connectivity index (χ1) is 5.04. The molecule has 1 unspecified atom stereocenters. The predicted octanol–water partition coefficient (Wildman–Crippen LogP) is 0.327. The van der Waals surface area contributed by atoms with Crippen LogP contribution in [0.5, 0.6) is 0 Å². The van der Waals surface area contributed by atoms with Crippen LogP contribution in [0.1, 0.15) is 6.92 Å². The topological polar surface area (TPSA) is 63.6 Å². The van der Waals surface area contributed by atoms with Crippen molar-refractivity contribution in [1.82, 2.24) is 0 Å². The van der Waals surface area contributed by atoms with Crippen LogP contribution < -0.4 is 0 Å². The third kappa shape index (κ3) is 5.75. The molecular formula is C6H10O4S. The number of rotatable bonds is 4. The second kappa shape index (κ2) is 5.03. The highest BCUT2D eigenvalue weighted by atomic mass is 32.2. The summed E-state index contributed by atoms with van der Waals surface area (Å²) < 4.78 is 22.8. The van der Waals surface area contributed by atoms with Crippen molar-refractivity contribution in [2.75, 3.05) is 12.4 Å². The van der Waals surface area contributed by atoms with Crippen molar-refractivity contribution >= 4 is 17.0 Å². The van der Waals surface area contributed by atoms with E-state index < -0.39 is 17.0 Å². The maximum Gasteiger partial charge on any atom is 0.333 e. The van der Waals surface area contributed by atoms with Gasteiger partial charge in [-0.25, -0.2) is 9.00 Å². The van der Waals surface area contributed by atoms with Crippen molar-refractivity contribution in [2.24, 2.45) is 0 Å². The Balaban J connectivity index is 3.47. The lowest BCUT2D eigenvalue weighted by molar-refractivity contribution is -0.138. The Morgan fingerprint density at radius 2 is 2.27 bits per heavy atom. The van der Waals surface area contributed by atoms with E-state index >= 15 is 0 Å². The smallest absolute Gasteiger partial charge is 0.333 e. The van der Waals surface area contributed by atoms with Crippen molar-refractivity contribution < 1.29 is 18.3 Å². The molecule has 0 heterocycles. The van der Waals surface area contributed by atoms with Crippen LogP contribution in [0.4, 0.5) is 0 Å². The summed E-state index contributed by atoms with van der Waals surface area (Å²) in [7, 11) is 0. The van der Waals surface area contributed by atoms with Gasteiger partial charge >= 0.3 is 5.97 Å². The lowest BCUT2D eigenvalue weighted by atomic mass is 10.4. The van der Waals surface area contributed by atoms with E-state index in [1.54, 1.807) is 0 Å². The van der Waals surface area contributed by atoms with Crippen molar-refractivity contribution in [3.8, 4) is 0 Å². The fourth-order valence-electron chi connectivity index (χ4n) is 0.329. The molecule has 0 bridgehead atoms. The van der Waals surface area contributed by atoms with E-state index in [9.17, 15) is 9.00 Å². The summed E-state index contributed by atoms with van der Waals surface area (Å²) >= 11 is -1.90. The molecule has 1 N–H and O–H groups in total. The van der Waals surface area contributed by atoms with Gasteiger partial charge in [0.05, 0.1) is 5.75 Å². The van der Waals surface area contributed by atoms with Crippen LogP contribution in [0, 0.1) is 0 Å². The molecule has 0 spiro atoms. The minimum Gasteiger partial charge on any atom is -0.461 e. The van der Waals surface area contributed by atoms with Crippen LogP contribution in [0.15, 0.2) is 12.2 Å². The monoisotopic (exact) mass is 178 g/mol. The van der Waals surface area contributed by atoms with Crippen molar-refractivity contribution in [1.29, 1.82) is 0 Å². The molecule has 0 aliphatic rings. The molecule has 0 aromatic heterocycles. The van der Waals surface area contributed by atoms with Crippen LogP contribution in [-0.4, -0.2) is 27.1 Å². The van der Waals surface area contributed by atoms with Crippen molar-refractivity contribution in [3.63, 3.8) is 0 Å². The standard InChI is InChI=1S/C6H10O4S/c1-5(2)6(7)10-3-4-11(8)9/h1,3-4H2,2H3,(H,8,9). The molecule has 1 atom stereocenters. The SMILES string of the molecule is C=C(C)C(=O)OCCS(=O)O. The zero-order chi connectivity index (χ0) is 8.85. The molecule has 0 saturated heterocycles. The van der Waals surface area contributed by atoms with Crippen LogP contribution in [0.3, 0.4) is 0 Å². The number of carbonyl (C=O) groups is 1. The Morgan fingerprint density at radius 3 is 2.64 bits per heavy atom. The Morgan fingerprint density at radius 1 is 1.73 bits per heavy atom. The Bertz CT molecular complexity index is 187. The number of hydrogen-bond donors (Lipinski definition) is 1.